The van der Waals surface area contributed by atoms with Gasteiger partial charge >= 0.3 is 5.97 Å². The summed E-state index contributed by atoms with van der Waals surface area (Å²) in [6.45, 7) is 2.02. The van der Waals surface area contributed by atoms with Gasteiger partial charge in [0.2, 0.25) is 0 Å². The van der Waals surface area contributed by atoms with Gasteiger partial charge in [-0.1, -0.05) is 18.5 Å². The summed E-state index contributed by atoms with van der Waals surface area (Å²) in [5, 5.41) is 2.31. The predicted octanol–water partition coefficient (Wildman–Crippen LogP) is 2.40. The Bertz CT molecular complexity index is 517. The predicted molar refractivity (Wildman–Crippen MR) is 58.8 cm³/mol. The number of ether oxygens (including phenoxy) is 1. The number of carbonyl (C=O) groups is 1. The summed E-state index contributed by atoms with van der Waals surface area (Å²) in [6, 6.07) is 0. The van der Waals surface area contributed by atoms with Crippen LogP contribution in [0.3, 0.4) is 0 Å². The number of fused-ring (bicyclic) bond motifs is 1. The molecule has 2 aromatic heterocycles. The molecule has 2 heterocycles. The van der Waals surface area contributed by atoms with Crippen LogP contribution in [0.15, 0.2) is 5.38 Å². The van der Waals surface area contributed by atoms with Crippen LogP contribution in [0.25, 0.3) is 4.96 Å². The van der Waals surface area contributed by atoms with Gasteiger partial charge in [-0.25, -0.2) is 9.78 Å². The van der Waals surface area contributed by atoms with E-state index in [4.69, 9.17) is 11.6 Å². The molecule has 80 valence electrons. The number of hydrogen-bond acceptors (Lipinski definition) is 4. The van der Waals surface area contributed by atoms with Crippen molar-refractivity contribution in [2.24, 2.45) is 0 Å². The minimum absolute atomic E-state index is 0.181. The summed E-state index contributed by atoms with van der Waals surface area (Å²) in [5.74, 6) is -0.502. The second kappa shape index (κ2) is 3.83. The summed E-state index contributed by atoms with van der Waals surface area (Å²) < 4.78 is 6.37. The molecule has 0 bridgehead atoms. The van der Waals surface area contributed by atoms with Crippen LogP contribution in [0.4, 0.5) is 0 Å². The summed E-state index contributed by atoms with van der Waals surface area (Å²) in [7, 11) is 1.31. The van der Waals surface area contributed by atoms with Crippen molar-refractivity contribution in [1.29, 1.82) is 0 Å². The fourth-order valence-electron chi connectivity index (χ4n) is 1.35. The van der Waals surface area contributed by atoms with Crippen LogP contribution in [-0.4, -0.2) is 22.5 Å². The maximum atomic E-state index is 11.3. The first kappa shape index (κ1) is 10.4. The molecule has 0 unspecified atom stereocenters. The van der Waals surface area contributed by atoms with Crippen LogP contribution in [0.5, 0.6) is 0 Å². The highest BCUT2D eigenvalue weighted by Crippen LogP contribution is 2.25. The van der Waals surface area contributed by atoms with Gasteiger partial charge in [0.05, 0.1) is 7.11 Å². The molecule has 2 aromatic rings. The van der Waals surface area contributed by atoms with E-state index in [9.17, 15) is 4.79 Å². The van der Waals surface area contributed by atoms with Gasteiger partial charge in [0.1, 0.15) is 5.15 Å². The zero-order valence-electron chi connectivity index (χ0n) is 8.28. The van der Waals surface area contributed by atoms with Crippen molar-refractivity contribution in [3.8, 4) is 0 Å². The van der Waals surface area contributed by atoms with Crippen LogP contribution >= 0.6 is 22.9 Å². The second-order valence-corrected chi connectivity index (χ2v) is 4.14. The van der Waals surface area contributed by atoms with Crippen molar-refractivity contribution in [1.82, 2.24) is 9.38 Å². The molecule has 0 N–H and O–H groups in total. The third-order valence-electron chi connectivity index (χ3n) is 2.12. The molecular formula is C9H9ClN2O2S. The highest BCUT2D eigenvalue weighted by molar-refractivity contribution is 7.15. The van der Waals surface area contributed by atoms with E-state index in [-0.39, 0.29) is 5.69 Å². The van der Waals surface area contributed by atoms with Gasteiger partial charge in [0.25, 0.3) is 0 Å². The van der Waals surface area contributed by atoms with Crippen LogP contribution < -0.4 is 0 Å². The molecule has 0 atom stereocenters. The lowest BCUT2D eigenvalue weighted by Crippen LogP contribution is -2.02. The zero-order valence-corrected chi connectivity index (χ0v) is 9.85. The van der Waals surface area contributed by atoms with E-state index in [2.05, 4.69) is 9.72 Å². The number of nitrogens with zero attached hydrogens (tertiary/aromatic N) is 2. The van der Waals surface area contributed by atoms with Crippen molar-refractivity contribution in [2.45, 2.75) is 13.3 Å². The molecule has 0 aliphatic rings. The van der Waals surface area contributed by atoms with Crippen LogP contribution in [0, 0.1) is 0 Å². The molecule has 2 rings (SSSR count). The Morgan fingerprint density at radius 1 is 1.73 bits per heavy atom. The van der Waals surface area contributed by atoms with Gasteiger partial charge < -0.3 is 4.74 Å². The van der Waals surface area contributed by atoms with E-state index in [0.29, 0.717) is 5.15 Å². The quantitative estimate of drug-likeness (QED) is 0.762. The van der Waals surface area contributed by atoms with E-state index in [0.717, 1.165) is 17.1 Å². The molecule has 0 aromatic carbocycles. The Kier molecular flexibility index (Phi) is 2.67. The maximum absolute atomic E-state index is 11.3. The molecule has 0 fully saturated rings. The molecule has 0 saturated heterocycles. The fourth-order valence-corrected chi connectivity index (χ4v) is 2.68. The van der Waals surface area contributed by atoms with E-state index in [1.54, 1.807) is 4.40 Å². The van der Waals surface area contributed by atoms with Crippen LogP contribution in [0.2, 0.25) is 5.15 Å². The molecule has 0 aliphatic carbocycles. The molecule has 15 heavy (non-hydrogen) atoms. The lowest BCUT2D eigenvalue weighted by Gasteiger charge is -1.96. The first-order chi connectivity index (χ1) is 7.19. The fraction of sp³-hybridized carbons (Fsp3) is 0.333. The van der Waals surface area contributed by atoms with E-state index >= 15 is 0 Å². The SMILES string of the molecule is CCc1csc2nc(C(=O)OC)c(Cl)n12. The molecule has 4 nitrogen and oxygen atoms in total. The largest absolute Gasteiger partial charge is 0.464 e. The Labute approximate surface area is 95.4 Å². The summed E-state index contributed by atoms with van der Waals surface area (Å²) in [4.78, 5) is 16.2. The first-order valence-corrected chi connectivity index (χ1v) is 5.67. The average Bonchev–Trinajstić information content (AvgIpc) is 2.78. The number of aryl methyl sites for hydroxylation is 1. The third kappa shape index (κ3) is 1.52. The van der Waals surface area contributed by atoms with Crippen molar-refractivity contribution in [3.63, 3.8) is 0 Å². The molecule has 6 heteroatoms. The number of thiazole rings is 1. The number of hydrogen-bond donors (Lipinski definition) is 0. The third-order valence-corrected chi connectivity index (χ3v) is 3.34. The minimum atomic E-state index is -0.502. The lowest BCUT2D eigenvalue weighted by atomic mass is 10.4. The number of esters is 1. The first-order valence-electron chi connectivity index (χ1n) is 4.41. The van der Waals surface area contributed by atoms with E-state index in [1.807, 2.05) is 12.3 Å². The number of carbonyl (C=O) groups excluding carboxylic acids is 1. The Morgan fingerprint density at radius 2 is 2.47 bits per heavy atom. The lowest BCUT2D eigenvalue weighted by molar-refractivity contribution is 0.0595. The van der Waals surface area contributed by atoms with Gasteiger partial charge in [-0.3, -0.25) is 4.40 Å². The van der Waals surface area contributed by atoms with Crippen LogP contribution in [0.1, 0.15) is 23.1 Å². The maximum Gasteiger partial charge on any atom is 0.359 e. The average molecular weight is 245 g/mol. The van der Waals surface area contributed by atoms with Gasteiger partial charge in [-0.15, -0.1) is 11.3 Å². The monoisotopic (exact) mass is 244 g/mol. The number of imidazole rings is 1. The number of halogens is 1. The van der Waals surface area contributed by atoms with E-state index < -0.39 is 5.97 Å². The number of aromatic nitrogens is 2. The number of rotatable bonds is 2. The van der Waals surface area contributed by atoms with Gasteiger partial charge in [0.15, 0.2) is 10.7 Å². The van der Waals surface area contributed by atoms with Gasteiger partial charge in [-0.2, -0.15) is 0 Å². The Balaban J connectivity index is 2.65. The Morgan fingerprint density at radius 3 is 3.07 bits per heavy atom. The number of methoxy groups -OCH3 is 1. The minimum Gasteiger partial charge on any atom is -0.464 e. The summed E-state index contributed by atoms with van der Waals surface area (Å²) in [5.41, 5.74) is 1.23. The van der Waals surface area contributed by atoms with Crippen molar-refractivity contribution in [3.05, 3.63) is 21.9 Å². The molecule has 0 saturated carbocycles. The zero-order chi connectivity index (χ0) is 11.0. The topological polar surface area (TPSA) is 43.6 Å². The smallest absolute Gasteiger partial charge is 0.359 e. The molecule has 0 spiro atoms. The highest BCUT2D eigenvalue weighted by atomic mass is 35.5. The highest BCUT2D eigenvalue weighted by Gasteiger charge is 2.20. The molecule has 0 aliphatic heterocycles. The van der Waals surface area contributed by atoms with Crippen LogP contribution in [-0.2, 0) is 11.2 Å². The normalized spacial score (nSPS) is 10.9. The van der Waals surface area contributed by atoms with Crippen molar-refractivity contribution < 1.29 is 9.53 Å². The molecule has 0 amide bonds. The standard InChI is InChI=1S/C9H9ClN2O2S/c1-3-5-4-15-9-11-6(8(13)14-2)7(10)12(5)9/h4H,3H2,1-2H3. The van der Waals surface area contributed by atoms with E-state index in [1.165, 1.54) is 18.4 Å². The van der Waals surface area contributed by atoms with Crippen molar-refractivity contribution in [2.75, 3.05) is 7.11 Å². The van der Waals surface area contributed by atoms with Crippen molar-refractivity contribution >= 4 is 33.9 Å². The molecular weight excluding hydrogens is 236 g/mol. The summed E-state index contributed by atoms with van der Waals surface area (Å²) in [6.07, 6.45) is 0.844. The van der Waals surface area contributed by atoms with Gasteiger partial charge in [0, 0.05) is 11.1 Å². The van der Waals surface area contributed by atoms with Gasteiger partial charge in [-0.05, 0) is 6.42 Å². The Hall–Kier alpha value is -1.07. The second-order valence-electron chi connectivity index (χ2n) is 2.94. The molecule has 0 radical (unpaired) electrons. The summed E-state index contributed by atoms with van der Waals surface area (Å²) >= 11 is 7.52.